The molecule has 1 aromatic heterocycles. The third-order valence-electron chi connectivity index (χ3n) is 2.20. The molecular formula is C10H19N3O. The molecule has 0 saturated heterocycles. The SMILES string of the molecule is CCOC(c1nc(C)n(C)n1)C(C)C. The van der Waals surface area contributed by atoms with Gasteiger partial charge in [0.15, 0.2) is 5.82 Å². The Bertz CT molecular complexity index is 274. The van der Waals surface area contributed by atoms with Gasteiger partial charge in [-0.2, -0.15) is 5.10 Å². The van der Waals surface area contributed by atoms with E-state index in [1.165, 1.54) is 0 Å². The van der Waals surface area contributed by atoms with E-state index in [0.717, 1.165) is 11.6 Å². The van der Waals surface area contributed by atoms with Gasteiger partial charge >= 0.3 is 0 Å². The monoisotopic (exact) mass is 197 g/mol. The molecule has 0 aromatic carbocycles. The van der Waals surface area contributed by atoms with Gasteiger partial charge in [-0.3, -0.25) is 4.68 Å². The Morgan fingerprint density at radius 3 is 2.43 bits per heavy atom. The Morgan fingerprint density at radius 1 is 1.43 bits per heavy atom. The molecule has 4 nitrogen and oxygen atoms in total. The summed E-state index contributed by atoms with van der Waals surface area (Å²) in [5.41, 5.74) is 0. The molecule has 4 heteroatoms. The van der Waals surface area contributed by atoms with Gasteiger partial charge in [0.2, 0.25) is 0 Å². The van der Waals surface area contributed by atoms with Crippen LogP contribution < -0.4 is 0 Å². The minimum Gasteiger partial charge on any atom is -0.370 e. The topological polar surface area (TPSA) is 39.9 Å². The van der Waals surface area contributed by atoms with Crippen LogP contribution in [0.3, 0.4) is 0 Å². The highest BCUT2D eigenvalue weighted by molar-refractivity contribution is 4.95. The Hall–Kier alpha value is -0.900. The molecule has 0 aliphatic heterocycles. The predicted octanol–water partition coefficient (Wildman–Crippen LogP) is 1.86. The van der Waals surface area contributed by atoms with E-state index in [2.05, 4.69) is 23.9 Å². The van der Waals surface area contributed by atoms with E-state index in [4.69, 9.17) is 4.74 Å². The third kappa shape index (κ3) is 2.32. The lowest BCUT2D eigenvalue weighted by atomic mass is 10.1. The number of rotatable bonds is 4. The summed E-state index contributed by atoms with van der Waals surface area (Å²) < 4.78 is 7.40. The molecule has 1 unspecified atom stereocenters. The van der Waals surface area contributed by atoms with Crippen LogP contribution in [-0.2, 0) is 11.8 Å². The van der Waals surface area contributed by atoms with E-state index in [1.54, 1.807) is 4.68 Å². The molecule has 0 fully saturated rings. The molecule has 1 atom stereocenters. The fraction of sp³-hybridized carbons (Fsp3) is 0.800. The third-order valence-corrected chi connectivity index (χ3v) is 2.20. The fourth-order valence-corrected chi connectivity index (χ4v) is 1.35. The number of hydrogen-bond donors (Lipinski definition) is 0. The van der Waals surface area contributed by atoms with E-state index in [-0.39, 0.29) is 6.10 Å². The van der Waals surface area contributed by atoms with Gasteiger partial charge in [0.1, 0.15) is 11.9 Å². The number of hydrogen-bond acceptors (Lipinski definition) is 3. The Kier molecular flexibility index (Phi) is 3.63. The zero-order valence-electron chi connectivity index (χ0n) is 9.61. The molecule has 0 radical (unpaired) electrons. The molecule has 0 aliphatic rings. The average Bonchev–Trinajstić information content (AvgIpc) is 2.42. The van der Waals surface area contributed by atoms with E-state index in [9.17, 15) is 0 Å². The Labute approximate surface area is 85.3 Å². The van der Waals surface area contributed by atoms with E-state index < -0.39 is 0 Å². The second kappa shape index (κ2) is 4.55. The van der Waals surface area contributed by atoms with Crippen LogP contribution >= 0.6 is 0 Å². The van der Waals surface area contributed by atoms with E-state index >= 15 is 0 Å². The van der Waals surface area contributed by atoms with Crippen molar-refractivity contribution in [2.24, 2.45) is 13.0 Å². The van der Waals surface area contributed by atoms with Crippen molar-refractivity contribution in [3.63, 3.8) is 0 Å². The summed E-state index contributed by atoms with van der Waals surface area (Å²) in [6.45, 7) is 8.86. The van der Waals surface area contributed by atoms with Crippen molar-refractivity contribution in [1.82, 2.24) is 14.8 Å². The molecule has 80 valence electrons. The number of nitrogens with zero attached hydrogens (tertiary/aromatic N) is 3. The Balaban J connectivity index is 2.87. The molecule has 0 spiro atoms. The quantitative estimate of drug-likeness (QED) is 0.739. The van der Waals surface area contributed by atoms with Crippen LogP contribution in [0, 0.1) is 12.8 Å². The molecule has 0 aliphatic carbocycles. The van der Waals surface area contributed by atoms with Gasteiger partial charge in [-0.05, 0) is 19.8 Å². The molecule has 0 N–H and O–H groups in total. The van der Waals surface area contributed by atoms with Crippen molar-refractivity contribution >= 4 is 0 Å². The minimum atomic E-state index is 0.0138. The first-order chi connectivity index (χ1) is 6.56. The Morgan fingerprint density at radius 2 is 2.07 bits per heavy atom. The first-order valence-electron chi connectivity index (χ1n) is 5.05. The lowest BCUT2D eigenvalue weighted by Crippen LogP contribution is -2.13. The predicted molar refractivity (Wildman–Crippen MR) is 54.9 cm³/mol. The number of aryl methyl sites for hydroxylation is 2. The van der Waals surface area contributed by atoms with Crippen LogP contribution in [0.4, 0.5) is 0 Å². The zero-order valence-corrected chi connectivity index (χ0v) is 9.61. The summed E-state index contributed by atoms with van der Waals surface area (Å²) >= 11 is 0. The molecule has 1 rings (SSSR count). The van der Waals surface area contributed by atoms with E-state index in [1.807, 2.05) is 20.9 Å². The molecule has 0 bridgehead atoms. The van der Waals surface area contributed by atoms with Crippen molar-refractivity contribution in [2.75, 3.05) is 6.61 Å². The minimum absolute atomic E-state index is 0.0138. The summed E-state index contributed by atoms with van der Waals surface area (Å²) in [6.07, 6.45) is 0.0138. The summed E-state index contributed by atoms with van der Waals surface area (Å²) in [5, 5.41) is 4.33. The van der Waals surface area contributed by atoms with Crippen LogP contribution in [0.25, 0.3) is 0 Å². The molecule has 0 saturated carbocycles. The highest BCUT2D eigenvalue weighted by atomic mass is 16.5. The van der Waals surface area contributed by atoms with Crippen molar-refractivity contribution in [3.8, 4) is 0 Å². The van der Waals surface area contributed by atoms with Crippen molar-refractivity contribution < 1.29 is 4.74 Å². The molecule has 1 aromatic rings. The lowest BCUT2D eigenvalue weighted by molar-refractivity contribution is 0.0231. The smallest absolute Gasteiger partial charge is 0.179 e. The molecule has 0 amide bonds. The summed E-state index contributed by atoms with van der Waals surface area (Å²) in [6, 6.07) is 0. The summed E-state index contributed by atoms with van der Waals surface area (Å²) in [4.78, 5) is 4.38. The van der Waals surface area contributed by atoms with Crippen LogP contribution in [0.2, 0.25) is 0 Å². The number of ether oxygens (including phenoxy) is 1. The summed E-state index contributed by atoms with van der Waals surface area (Å²) in [5.74, 6) is 2.11. The van der Waals surface area contributed by atoms with Crippen LogP contribution in [0.1, 0.15) is 38.5 Å². The second-order valence-electron chi connectivity index (χ2n) is 3.76. The van der Waals surface area contributed by atoms with Gasteiger partial charge < -0.3 is 4.74 Å². The van der Waals surface area contributed by atoms with Crippen molar-refractivity contribution in [2.45, 2.75) is 33.8 Å². The highest BCUT2D eigenvalue weighted by Gasteiger charge is 2.20. The maximum atomic E-state index is 5.62. The molecule has 1 heterocycles. The molecular weight excluding hydrogens is 178 g/mol. The van der Waals surface area contributed by atoms with Crippen LogP contribution in [-0.4, -0.2) is 21.4 Å². The second-order valence-corrected chi connectivity index (χ2v) is 3.76. The highest BCUT2D eigenvalue weighted by Crippen LogP contribution is 2.22. The summed E-state index contributed by atoms with van der Waals surface area (Å²) in [7, 11) is 1.90. The maximum absolute atomic E-state index is 5.62. The maximum Gasteiger partial charge on any atom is 0.179 e. The van der Waals surface area contributed by atoms with Gasteiger partial charge in [-0.1, -0.05) is 13.8 Å². The van der Waals surface area contributed by atoms with Crippen molar-refractivity contribution in [3.05, 3.63) is 11.6 Å². The molecule has 14 heavy (non-hydrogen) atoms. The van der Waals surface area contributed by atoms with Gasteiger partial charge in [-0.15, -0.1) is 0 Å². The first-order valence-corrected chi connectivity index (χ1v) is 5.05. The van der Waals surface area contributed by atoms with Gasteiger partial charge in [-0.25, -0.2) is 4.98 Å². The van der Waals surface area contributed by atoms with Gasteiger partial charge in [0, 0.05) is 13.7 Å². The lowest BCUT2D eigenvalue weighted by Gasteiger charge is -2.17. The average molecular weight is 197 g/mol. The zero-order chi connectivity index (χ0) is 10.7. The van der Waals surface area contributed by atoms with Gasteiger partial charge in [0.05, 0.1) is 0 Å². The number of aromatic nitrogens is 3. The van der Waals surface area contributed by atoms with Crippen molar-refractivity contribution in [1.29, 1.82) is 0 Å². The van der Waals surface area contributed by atoms with Crippen LogP contribution in [0.5, 0.6) is 0 Å². The van der Waals surface area contributed by atoms with Gasteiger partial charge in [0.25, 0.3) is 0 Å². The normalized spacial score (nSPS) is 13.6. The standard InChI is InChI=1S/C10H19N3O/c1-6-14-9(7(2)3)10-11-8(4)13(5)12-10/h7,9H,6H2,1-5H3. The fourth-order valence-electron chi connectivity index (χ4n) is 1.35. The van der Waals surface area contributed by atoms with Crippen LogP contribution in [0.15, 0.2) is 0 Å². The largest absolute Gasteiger partial charge is 0.370 e. The van der Waals surface area contributed by atoms with E-state index in [0.29, 0.717) is 12.5 Å². The first kappa shape index (κ1) is 11.2.